The van der Waals surface area contributed by atoms with E-state index in [0.717, 1.165) is 12.4 Å². The van der Waals surface area contributed by atoms with E-state index in [1.807, 2.05) is 11.2 Å². The Morgan fingerprint density at radius 3 is 2.80 bits per heavy atom. The van der Waals surface area contributed by atoms with E-state index in [1.54, 1.807) is 12.3 Å². The molecule has 5 rings (SSSR count). The molecule has 0 N–H and O–H groups in total. The van der Waals surface area contributed by atoms with Gasteiger partial charge in [0.25, 0.3) is 5.91 Å². The van der Waals surface area contributed by atoms with E-state index in [9.17, 15) is 4.79 Å². The van der Waals surface area contributed by atoms with Gasteiger partial charge in [-0.1, -0.05) is 12.8 Å². The molecule has 2 aromatic rings. The molecule has 130 valence electrons. The van der Waals surface area contributed by atoms with E-state index in [1.165, 1.54) is 44.9 Å². The van der Waals surface area contributed by atoms with E-state index in [0.29, 0.717) is 18.3 Å². The summed E-state index contributed by atoms with van der Waals surface area (Å²) in [5, 5.41) is 8.69. The van der Waals surface area contributed by atoms with Gasteiger partial charge >= 0.3 is 0 Å². The van der Waals surface area contributed by atoms with Crippen LogP contribution < -0.4 is 0 Å². The van der Waals surface area contributed by atoms with Crippen molar-refractivity contribution in [3.8, 4) is 0 Å². The number of carbonyl (C=O) groups is 1. The Kier molecular flexibility index (Phi) is 3.36. The minimum Gasteiger partial charge on any atom is -0.336 e. The van der Waals surface area contributed by atoms with Crippen LogP contribution in [0.15, 0.2) is 24.9 Å². The Balaban J connectivity index is 1.48. The zero-order chi connectivity index (χ0) is 16.9. The zero-order valence-electron chi connectivity index (χ0n) is 14.2. The minimum absolute atomic E-state index is 0.00802. The topological polar surface area (TPSA) is 76.8 Å². The minimum atomic E-state index is 0.00802. The van der Waals surface area contributed by atoms with Crippen molar-refractivity contribution in [1.82, 2.24) is 29.6 Å². The average molecular weight is 338 g/mol. The molecule has 7 heteroatoms. The first-order valence-corrected chi connectivity index (χ1v) is 9.21. The fourth-order valence-electron chi connectivity index (χ4n) is 4.78. The fraction of sp³-hybridized carbons (Fsp3) is 0.611. The predicted octanol–water partition coefficient (Wildman–Crippen LogP) is 2.20. The van der Waals surface area contributed by atoms with Gasteiger partial charge in [-0.25, -0.2) is 9.97 Å². The summed E-state index contributed by atoms with van der Waals surface area (Å²) in [5.74, 6) is 1.37. The van der Waals surface area contributed by atoms with E-state index in [-0.39, 0.29) is 17.2 Å². The van der Waals surface area contributed by atoms with E-state index >= 15 is 0 Å². The van der Waals surface area contributed by atoms with Crippen LogP contribution in [0.2, 0.25) is 0 Å². The fourth-order valence-corrected chi connectivity index (χ4v) is 4.78. The van der Waals surface area contributed by atoms with Gasteiger partial charge in [0.2, 0.25) is 0 Å². The summed E-state index contributed by atoms with van der Waals surface area (Å²) in [6.45, 7) is 1.52. The maximum atomic E-state index is 12.9. The molecule has 1 aliphatic heterocycles. The van der Waals surface area contributed by atoms with Crippen LogP contribution in [0, 0.1) is 5.41 Å². The van der Waals surface area contributed by atoms with Crippen molar-refractivity contribution in [3.63, 3.8) is 0 Å². The highest BCUT2D eigenvalue weighted by Gasteiger charge is 2.52. The Labute approximate surface area is 146 Å². The Bertz CT molecular complexity index is 778. The molecule has 1 amide bonds. The van der Waals surface area contributed by atoms with Gasteiger partial charge in [0, 0.05) is 31.2 Å². The first-order valence-electron chi connectivity index (χ1n) is 9.21. The Morgan fingerprint density at radius 2 is 2.08 bits per heavy atom. The summed E-state index contributed by atoms with van der Waals surface area (Å²) in [5.41, 5.74) is 0.634. The second kappa shape index (κ2) is 5.61. The molecule has 0 bridgehead atoms. The van der Waals surface area contributed by atoms with Crippen LogP contribution >= 0.6 is 0 Å². The van der Waals surface area contributed by atoms with Crippen LogP contribution in [0.1, 0.15) is 66.8 Å². The van der Waals surface area contributed by atoms with Gasteiger partial charge in [-0.05, 0) is 37.2 Å². The molecular weight excluding hydrogens is 316 g/mol. The molecule has 1 atom stereocenters. The average Bonchev–Trinajstić information content (AvgIpc) is 3.08. The smallest absolute Gasteiger partial charge is 0.272 e. The molecule has 0 aromatic carbocycles. The monoisotopic (exact) mass is 338 g/mol. The highest BCUT2D eigenvalue weighted by molar-refractivity contribution is 5.92. The van der Waals surface area contributed by atoms with Crippen molar-refractivity contribution in [2.75, 3.05) is 13.1 Å². The maximum absolute atomic E-state index is 12.9. The van der Waals surface area contributed by atoms with E-state index in [2.05, 4.69) is 24.7 Å². The molecule has 1 spiro atoms. The van der Waals surface area contributed by atoms with E-state index < -0.39 is 0 Å². The normalized spacial score (nSPS) is 25.0. The lowest BCUT2D eigenvalue weighted by Crippen LogP contribution is -2.31. The summed E-state index contributed by atoms with van der Waals surface area (Å²) >= 11 is 0. The van der Waals surface area contributed by atoms with Crippen molar-refractivity contribution >= 4 is 5.91 Å². The highest BCUT2D eigenvalue weighted by atomic mass is 16.2. The van der Waals surface area contributed by atoms with Crippen molar-refractivity contribution in [2.24, 2.45) is 5.41 Å². The maximum Gasteiger partial charge on any atom is 0.272 e. The lowest BCUT2D eigenvalue weighted by atomic mass is 9.76. The van der Waals surface area contributed by atoms with Crippen LogP contribution in [0.4, 0.5) is 0 Å². The number of carbonyl (C=O) groups excluding carboxylic acids is 1. The molecule has 3 heterocycles. The van der Waals surface area contributed by atoms with Gasteiger partial charge in [-0.15, -0.1) is 10.2 Å². The van der Waals surface area contributed by atoms with Crippen LogP contribution in [0.3, 0.4) is 0 Å². The molecule has 3 fully saturated rings. The van der Waals surface area contributed by atoms with Gasteiger partial charge in [0.1, 0.15) is 24.2 Å². The van der Waals surface area contributed by atoms with Gasteiger partial charge < -0.3 is 9.47 Å². The van der Waals surface area contributed by atoms with E-state index in [4.69, 9.17) is 0 Å². The summed E-state index contributed by atoms with van der Waals surface area (Å²) < 4.78 is 2.27. The first-order chi connectivity index (χ1) is 12.3. The van der Waals surface area contributed by atoms with Crippen LogP contribution in [-0.4, -0.2) is 48.6 Å². The molecule has 1 saturated heterocycles. The zero-order valence-corrected chi connectivity index (χ0v) is 14.2. The van der Waals surface area contributed by atoms with Crippen LogP contribution in [0.25, 0.3) is 0 Å². The Hall–Kier alpha value is -2.31. The van der Waals surface area contributed by atoms with Crippen molar-refractivity contribution in [3.05, 3.63) is 36.4 Å². The van der Waals surface area contributed by atoms with Crippen molar-refractivity contribution < 1.29 is 4.79 Å². The number of likely N-dealkylation sites (tertiary alicyclic amines) is 1. The van der Waals surface area contributed by atoms with Gasteiger partial charge in [0.05, 0.1) is 0 Å². The number of hydrogen-bond acceptors (Lipinski definition) is 5. The standard InChI is InChI=1S/C18H22N6O/c25-17(15-5-8-19-11-20-15)23-9-14(18(10-23)6-1-2-7-18)16-22-21-12-24(16)13-3-4-13/h5,8,11-14H,1-4,6-7,9-10H2. The van der Waals surface area contributed by atoms with Gasteiger partial charge in [-0.2, -0.15) is 0 Å². The first kappa shape index (κ1) is 15.0. The third-order valence-electron chi connectivity index (χ3n) is 6.19. The number of aromatic nitrogens is 5. The molecule has 2 saturated carbocycles. The third kappa shape index (κ3) is 2.44. The van der Waals surface area contributed by atoms with Gasteiger partial charge in [-0.3, -0.25) is 4.79 Å². The van der Waals surface area contributed by atoms with Crippen LogP contribution in [0.5, 0.6) is 0 Å². The molecule has 2 aromatic heterocycles. The van der Waals surface area contributed by atoms with Gasteiger partial charge in [0.15, 0.2) is 0 Å². The molecule has 3 aliphatic rings. The number of amides is 1. The highest BCUT2D eigenvalue weighted by Crippen LogP contribution is 2.54. The quantitative estimate of drug-likeness (QED) is 0.857. The predicted molar refractivity (Wildman–Crippen MR) is 89.9 cm³/mol. The summed E-state index contributed by atoms with van der Waals surface area (Å²) in [6, 6.07) is 2.26. The molecular formula is C18H22N6O. The molecule has 7 nitrogen and oxygen atoms in total. The molecule has 25 heavy (non-hydrogen) atoms. The SMILES string of the molecule is O=C(c1ccncn1)N1CC(c2nncn2C2CC2)C2(CCCC2)C1. The number of nitrogens with zero attached hydrogens (tertiary/aromatic N) is 6. The third-order valence-corrected chi connectivity index (χ3v) is 6.19. The number of rotatable bonds is 3. The Morgan fingerprint density at radius 1 is 1.24 bits per heavy atom. The lowest BCUT2D eigenvalue weighted by Gasteiger charge is -2.29. The largest absolute Gasteiger partial charge is 0.336 e. The molecule has 2 aliphatic carbocycles. The second-order valence-corrected chi connectivity index (χ2v) is 7.73. The summed E-state index contributed by atoms with van der Waals surface area (Å²) in [4.78, 5) is 23.0. The lowest BCUT2D eigenvalue weighted by molar-refractivity contribution is 0.0767. The number of hydrogen-bond donors (Lipinski definition) is 0. The molecule has 0 radical (unpaired) electrons. The van der Waals surface area contributed by atoms with Crippen molar-refractivity contribution in [2.45, 2.75) is 50.5 Å². The van der Waals surface area contributed by atoms with Crippen LogP contribution in [-0.2, 0) is 0 Å². The second-order valence-electron chi connectivity index (χ2n) is 7.73. The summed E-state index contributed by atoms with van der Waals surface area (Å²) in [6.07, 6.45) is 12.2. The molecule has 1 unspecified atom stereocenters. The van der Waals surface area contributed by atoms with Crippen molar-refractivity contribution in [1.29, 1.82) is 0 Å². The summed E-state index contributed by atoms with van der Waals surface area (Å²) in [7, 11) is 0.